The van der Waals surface area contributed by atoms with E-state index in [2.05, 4.69) is 25.9 Å². The molecule has 0 aromatic carbocycles. The van der Waals surface area contributed by atoms with Crippen molar-refractivity contribution in [3.8, 4) is 5.88 Å². The van der Waals surface area contributed by atoms with Crippen molar-refractivity contribution in [2.75, 3.05) is 6.61 Å². The zero-order valence-electron chi connectivity index (χ0n) is 5.54. The van der Waals surface area contributed by atoms with Gasteiger partial charge in [0.15, 0.2) is 0 Å². The molecule has 0 aliphatic heterocycles. The van der Waals surface area contributed by atoms with Crippen molar-refractivity contribution in [2.45, 2.75) is 6.92 Å². The van der Waals surface area contributed by atoms with E-state index in [0.29, 0.717) is 17.1 Å². The molecule has 3 nitrogen and oxygen atoms in total. The summed E-state index contributed by atoms with van der Waals surface area (Å²) in [5.41, 5.74) is 0. The van der Waals surface area contributed by atoms with Crippen LogP contribution in [0.4, 0.5) is 0 Å². The first kappa shape index (κ1) is 7.47. The third-order valence-corrected chi connectivity index (χ3v) is 1.26. The van der Waals surface area contributed by atoms with E-state index in [1.54, 1.807) is 12.4 Å². The van der Waals surface area contributed by atoms with Crippen molar-refractivity contribution in [1.29, 1.82) is 0 Å². The highest BCUT2D eigenvalue weighted by Gasteiger charge is 1.93. The van der Waals surface area contributed by atoms with Crippen molar-refractivity contribution in [2.24, 2.45) is 0 Å². The van der Waals surface area contributed by atoms with Crippen molar-refractivity contribution in [3.05, 3.63) is 17.0 Å². The van der Waals surface area contributed by atoms with E-state index in [9.17, 15) is 0 Å². The fraction of sp³-hybridized carbons (Fsp3) is 0.333. The molecule has 0 bridgehead atoms. The quantitative estimate of drug-likeness (QED) is 0.732. The summed E-state index contributed by atoms with van der Waals surface area (Å²) in [5.74, 6) is 0.553. The van der Waals surface area contributed by atoms with Gasteiger partial charge >= 0.3 is 0 Å². The zero-order chi connectivity index (χ0) is 7.40. The van der Waals surface area contributed by atoms with Gasteiger partial charge < -0.3 is 4.74 Å². The van der Waals surface area contributed by atoms with Crippen LogP contribution in [0, 0.1) is 0 Å². The Morgan fingerprint density at radius 2 is 2.40 bits per heavy atom. The summed E-state index contributed by atoms with van der Waals surface area (Å²) in [6.45, 7) is 2.52. The van der Waals surface area contributed by atoms with E-state index in [4.69, 9.17) is 4.74 Å². The second kappa shape index (κ2) is 3.51. The number of hydrogen-bond acceptors (Lipinski definition) is 3. The van der Waals surface area contributed by atoms with E-state index >= 15 is 0 Å². The van der Waals surface area contributed by atoms with Gasteiger partial charge in [-0.15, -0.1) is 0 Å². The van der Waals surface area contributed by atoms with E-state index in [0.717, 1.165) is 0 Å². The fourth-order valence-electron chi connectivity index (χ4n) is 0.543. The van der Waals surface area contributed by atoms with Crippen LogP contribution in [0.25, 0.3) is 0 Å². The van der Waals surface area contributed by atoms with Crippen LogP contribution in [0.15, 0.2) is 17.0 Å². The molecule has 0 N–H and O–H groups in total. The Hall–Kier alpha value is -0.640. The molecule has 0 saturated carbocycles. The molecule has 1 aromatic heterocycles. The molecule has 0 saturated heterocycles. The number of nitrogens with zero attached hydrogens (tertiary/aromatic N) is 2. The van der Waals surface area contributed by atoms with Gasteiger partial charge in [0.2, 0.25) is 5.88 Å². The first-order valence-corrected chi connectivity index (χ1v) is 3.72. The second-order valence-corrected chi connectivity index (χ2v) is 2.43. The lowest BCUT2D eigenvalue weighted by Gasteiger charge is -1.98. The molecular formula is C6H7BrN2O. The van der Waals surface area contributed by atoms with Crippen molar-refractivity contribution < 1.29 is 4.74 Å². The molecule has 54 valence electrons. The minimum absolute atomic E-state index is 0.553. The van der Waals surface area contributed by atoms with E-state index < -0.39 is 0 Å². The van der Waals surface area contributed by atoms with Gasteiger partial charge in [0, 0.05) is 0 Å². The third kappa shape index (κ3) is 1.95. The minimum Gasteiger partial charge on any atom is -0.477 e. The number of aromatic nitrogens is 2. The van der Waals surface area contributed by atoms with Crippen molar-refractivity contribution in [1.82, 2.24) is 9.97 Å². The number of ether oxygens (including phenoxy) is 1. The highest BCUT2D eigenvalue weighted by atomic mass is 79.9. The Kier molecular flexibility index (Phi) is 2.62. The first-order valence-electron chi connectivity index (χ1n) is 2.93. The van der Waals surface area contributed by atoms with Crippen LogP contribution in [0.1, 0.15) is 6.92 Å². The molecule has 0 fully saturated rings. The third-order valence-electron chi connectivity index (χ3n) is 0.875. The molecule has 4 heteroatoms. The molecule has 0 aliphatic carbocycles. The highest BCUT2D eigenvalue weighted by Crippen LogP contribution is 2.08. The zero-order valence-corrected chi connectivity index (χ0v) is 7.13. The van der Waals surface area contributed by atoms with Gasteiger partial charge in [0.25, 0.3) is 0 Å². The predicted octanol–water partition coefficient (Wildman–Crippen LogP) is 1.64. The molecule has 0 radical (unpaired) electrons. The smallest absolute Gasteiger partial charge is 0.233 e. The molecule has 0 amide bonds. The standard InChI is InChI=1S/C6H7BrN2O/c1-2-10-6-4-8-3-5(7)9-6/h3-4H,2H2,1H3. The summed E-state index contributed by atoms with van der Waals surface area (Å²) in [4.78, 5) is 7.86. The van der Waals surface area contributed by atoms with Gasteiger partial charge in [-0.05, 0) is 22.9 Å². The maximum Gasteiger partial charge on any atom is 0.233 e. The normalized spacial score (nSPS) is 9.40. The molecule has 0 unspecified atom stereocenters. The van der Waals surface area contributed by atoms with Crippen molar-refractivity contribution in [3.63, 3.8) is 0 Å². The molecule has 0 atom stereocenters. The molecule has 1 rings (SSSR count). The lowest BCUT2D eigenvalue weighted by atomic mass is 10.7. The van der Waals surface area contributed by atoms with Crippen LogP contribution in [0.2, 0.25) is 0 Å². The van der Waals surface area contributed by atoms with Gasteiger partial charge in [-0.25, -0.2) is 4.98 Å². The molecule has 0 aliphatic rings. The maximum atomic E-state index is 5.08. The Balaban J connectivity index is 2.75. The Morgan fingerprint density at radius 3 is 3.00 bits per heavy atom. The first-order chi connectivity index (χ1) is 4.83. The summed E-state index contributed by atoms with van der Waals surface area (Å²) in [7, 11) is 0. The summed E-state index contributed by atoms with van der Waals surface area (Å²) < 4.78 is 5.78. The molecule has 1 heterocycles. The predicted molar refractivity (Wildman–Crippen MR) is 40.9 cm³/mol. The summed E-state index contributed by atoms with van der Waals surface area (Å²) in [6.07, 6.45) is 3.19. The fourth-order valence-corrected chi connectivity index (χ4v) is 0.836. The lowest BCUT2D eigenvalue weighted by Crippen LogP contribution is -1.94. The molecule has 10 heavy (non-hydrogen) atoms. The van der Waals surface area contributed by atoms with Crippen LogP contribution in [0.3, 0.4) is 0 Å². The second-order valence-electron chi connectivity index (χ2n) is 1.61. The highest BCUT2D eigenvalue weighted by molar-refractivity contribution is 9.10. The largest absolute Gasteiger partial charge is 0.477 e. The van der Waals surface area contributed by atoms with Gasteiger partial charge in [-0.2, -0.15) is 0 Å². The molecule has 1 aromatic rings. The van der Waals surface area contributed by atoms with Crippen LogP contribution >= 0.6 is 15.9 Å². The number of rotatable bonds is 2. The monoisotopic (exact) mass is 202 g/mol. The van der Waals surface area contributed by atoms with Gasteiger partial charge in [0.05, 0.1) is 19.0 Å². The number of halogens is 1. The SMILES string of the molecule is CCOc1cncc(Br)n1. The summed E-state index contributed by atoms with van der Waals surface area (Å²) in [6, 6.07) is 0. The van der Waals surface area contributed by atoms with Gasteiger partial charge in [0.1, 0.15) is 4.60 Å². The lowest BCUT2D eigenvalue weighted by molar-refractivity contribution is 0.324. The Bertz CT molecular complexity index is 217. The van der Waals surface area contributed by atoms with Crippen LogP contribution in [-0.4, -0.2) is 16.6 Å². The van der Waals surface area contributed by atoms with Crippen molar-refractivity contribution >= 4 is 15.9 Å². The van der Waals surface area contributed by atoms with Gasteiger partial charge in [-0.1, -0.05) is 0 Å². The molecular weight excluding hydrogens is 196 g/mol. The number of hydrogen-bond donors (Lipinski definition) is 0. The average molecular weight is 203 g/mol. The molecule has 0 spiro atoms. The minimum atomic E-state index is 0.553. The van der Waals surface area contributed by atoms with Crippen LogP contribution < -0.4 is 4.74 Å². The topological polar surface area (TPSA) is 35.0 Å². The summed E-state index contributed by atoms with van der Waals surface area (Å²) >= 11 is 3.18. The van der Waals surface area contributed by atoms with Gasteiger partial charge in [-0.3, -0.25) is 4.98 Å². The van der Waals surface area contributed by atoms with E-state index in [1.807, 2.05) is 6.92 Å². The van der Waals surface area contributed by atoms with Crippen LogP contribution in [0.5, 0.6) is 5.88 Å². The average Bonchev–Trinajstić information content (AvgIpc) is 1.88. The Morgan fingerprint density at radius 1 is 1.60 bits per heavy atom. The summed E-state index contributed by atoms with van der Waals surface area (Å²) in [5, 5.41) is 0. The van der Waals surface area contributed by atoms with E-state index in [-0.39, 0.29) is 0 Å². The maximum absolute atomic E-state index is 5.08. The Labute approximate surface area is 67.6 Å². The van der Waals surface area contributed by atoms with E-state index in [1.165, 1.54) is 0 Å². The van der Waals surface area contributed by atoms with Crippen LogP contribution in [-0.2, 0) is 0 Å².